The molecule has 1 N–H and O–H groups in total. The molecule has 1 aliphatic rings. The van der Waals surface area contributed by atoms with E-state index in [1.54, 1.807) is 6.20 Å². The van der Waals surface area contributed by atoms with E-state index in [2.05, 4.69) is 28.5 Å². The molecule has 0 bridgehead atoms. The molecule has 2 aromatic carbocycles. The van der Waals surface area contributed by atoms with Crippen molar-refractivity contribution >= 4 is 10.8 Å². The summed E-state index contributed by atoms with van der Waals surface area (Å²) in [4.78, 5) is 4.26. The van der Waals surface area contributed by atoms with Gasteiger partial charge in [-0.15, -0.1) is 0 Å². The van der Waals surface area contributed by atoms with Crippen LogP contribution in [0.3, 0.4) is 0 Å². The molecule has 4 rings (SSSR count). The zero-order chi connectivity index (χ0) is 16.9. The maximum atomic E-state index is 6.30. The van der Waals surface area contributed by atoms with Crippen molar-refractivity contribution in [1.82, 2.24) is 10.3 Å². The van der Waals surface area contributed by atoms with Gasteiger partial charge in [0.1, 0.15) is 24.2 Å². The normalized spacial score (nSPS) is 15.2. The van der Waals surface area contributed by atoms with Gasteiger partial charge in [0, 0.05) is 23.8 Å². The van der Waals surface area contributed by atoms with Gasteiger partial charge in [-0.1, -0.05) is 30.3 Å². The Morgan fingerprint density at radius 3 is 2.72 bits per heavy atom. The lowest BCUT2D eigenvalue weighted by Gasteiger charge is -2.24. The fourth-order valence-corrected chi connectivity index (χ4v) is 3.15. The van der Waals surface area contributed by atoms with Gasteiger partial charge < -0.3 is 14.8 Å². The lowest BCUT2D eigenvalue weighted by Crippen LogP contribution is -2.34. The maximum Gasteiger partial charge on any atom is 0.132 e. The third-order valence-corrected chi connectivity index (χ3v) is 4.52. The Balaban J connectivity index is 1.58. The average Bonchev–Trinajstić information content (AvgIpc) is 2.68. The van der Waals surface area contributed by atoms with Crippen molar-refractivity contribution in [3.8, 4) is 11.5 Å². The van der Waals surface area contributed by atoms with Crippen LogP contribution < -0.4 is 14.8 Å². The number of aromatic nitrogens is 1. The molecule has 0 radical (unpaired) electrons. The molecule has 2 heterocycles. The molecule has 0 atom stereocenters. The zero-order valence-corrected chi connectivity index (χ0v) is 14.2. The number of hydrogen-bond donors (Lipinski definition) is 1. The third-order valence-electron chi connectivity index (χ3n) is 4.52. The standard InChI is InChI=1S/C21H22N2O2/c1-2-4-16(5-3-1)15-24-19-12-17-6-9-23-14-20(17)21(13-19)25-18-7-10-22-11-8-18/h1-6,9,12-14,18,22H,7-8,10-11,15H2. The predicted octanol–water partition coefficient (Wildman–Crippen LogP) is 3.94. The molecule has 1 fully saturated rings. The first-order chi connectivity index (χ1) is 12.4. The van der Waals surface area contributed by atoms with Gasteiger partial charge in [0.15, 0.2) is 0 Å². The summed E-state index contributed by atoms with van der Waals surface area (Å²) < 4.78 is 12.3. The van der Waals surface area contributed by atoms with Gasteiger partial charge in [-0.05, 0) is 49.0 Å². The topological polar surface area (TPSA) is 43.4 Å². The quantitative estimate of drug-likeness (QED) is 0.767. The average molecular weight is 334 g/mol. The van der Waals surface area contributed by atoms with Gasteiger partial charge in [-0.25, -0.2) is 0 Å². The lowest BCUT2D eigenvalue weighted by molar-refractivity contribution is 0.164. The summed E-state index contributed by atoms with van der Waals surface area (Å²) in [5.41, 5.74) is 1.15. The minimum absolute atomic E-state index is 0.244. The first-order valence-electron chi connectivity index (χ1n) is 8.80. The molecule has 4 nitrogen and oxygen atoms in total. The van der Waals surface area contributed by atoms with E-state index in [9.17, 15) is 0 Å². The minimum atomic E-state index is 0.244. The third kappa shape index (κ3) is 3.91. The van der Waals surface area contributed by atoms with Crippen molar-refractivity contribution in [2.75, 3.05) is 13.1 Å². The largest absolute Gasteiger partial charge is 0.489 e. The van der Waals surface area contributed by atoms with Crippen LogP contribution in [0.1, 0.15) is 18.4 Å². The second kappa shape index (κ2) is 7.53. The number of piperidine rings is 1. The molecule has 0 aliphatic carbocycles. The fraction of sp³-hybridized carbons (Fsp3) is 0.286. The summed E-state index contributed by atoms with van der Waals surface area (Å²) in [7, 11) is 0. The van der Waals surface area contributed by atoms with E-state index < -0.39 is 0 Å². The van der Waals surface area contributed by atoms with Gasteiger partial charge in [0.05, 0.1) is 0 Å². The van der Waals surface area contributed by atoms with Crippen LogP contribution >= 0.6 is 0 Å². The van der Waals surface area contributed by atoms with Crippen LogP contribution in [0.5, 0.6) is 11.5 Å². The number of pyridine rings is 1. The van der Waals surface area contributed by atoms with Gasteiger partial charge >= 0.3 is 0 Å². The number of fused-ring (bicyclic) bond motifs is 1. The summed E-state index contributed by atoms with van der Waals surface area (Å²) in [5.74, 6) is 1.69. The van der Waals surface area contributed by atoms with E-state index >= 15 is 0 Å². The van der Waals surface area contributed by atoms with Crippen LogP contribution in [0.4, 0.5) is 0 Å². The Kier molecular flexibility index (Phi) is 4.79. The molecule has 0 spiro atoms. The van der Waals surface area contributed by atoms with Crippen LogP contribution in [-0.4, -0.2) is 24.2 Å². The van der Waals surface area contributed by atoms with Gasteiger partial charge in [-0.3, -0.25) is 4.98 Å². The van der Waals surface area contributed by atoms with Gasteiger partial charge in [0.2, 0.25) is 0 Å². The van der Waals surface area contributed by atoms with Crippen LogP contribution in [0.15, 0.2) is 60.9 Å². The van der Waals surface area contributed by atoms with Crippen LogP contribution in [0, 0.1) is 0 Å². The van der Waals surface area contributed by atoms with Crippen LogP contribution in [0.25, 0.3) is 10.8 Å². The number of rotatable bonds is 5. The molecule has 3 aromatic rings. The van der Waals surface area contributed by atoms with Crippen molar-refractivity contribution in [3.63, 3.8) is 0 Å². The summed E-state index contributed by atoms with van der Waals surface area (Å²) in [6, 6.07) is 16.2. The van der Waals surface area contributed by atoms with E-state index in [1.165, 1.54) is 0 Å². The first-order valence-corrected chi connectivity index (χ1v) is 8.80. The molecular formula is C21H22N2O2. The Hall–Kier alpha value is -2.59. The van der Waals surface area contributed by atoms with E-state index in [-0.39, 0.29) is 6.10 Å². The molecule has 1 aliphatic heterocycles. The highest BCUT2D eigenvalue weighted by Gasteiger charge is 2.16. The minimum Gasteiger partial charge on any atom is -0.489 e. The van der Waals surface area contributed by atoms with Crippen LogP contribution in [-0.2, 0) is 6.61 Å². The van der Waals surface area contributed by atoms with Gasteiger partial charge in [0.25, 0.3) is 0 Å². The van der Waals surface area contributed by atoms with E-state index in [4.69, 9.17) is 9.47 Å². The number of hydrogen-bond acceptors (Lipinski definition) is 4. The second-order valence-electron chi connectivity index (χ2n) is 6.36. The van der Waals surface area contributed by atoms with Crippen molar-refractivity contribution < 1.29 is 9.47 Å². The number of ether oxygens (including phenoxy) is 2. The zero-order valence-electron chi connectivity index (χ0n) is 14.2. The molecule has 4 heteroatoms. The highest BCUT2D eigenvalue weighted by Crippen LogP contribution is 2.32. The number of nitrogens with one attached hydrogen (secondary N) is 1. The summed E-state index contributed by atoms with van der Waals surface area (Å²) >= 11 is 0. The molecule has 25 heavy (non-hydrogen) atoms. The maximum absolute atomic E-state index is 6.30. The van der Waals surface area contributed by atoms with Crippen molar-refractivity contribution in [3.05, 3.63) is 66.5 Å². The van der Waals surface area contributed by atoms with E-state index in [0.29, 0.717) is 6.61 Å². The van der Waals surface area contributed by atoms with Crippen molar-refractivity contribution in [2.24, 2.45) is 0 Å². The van der Waals surface area contributed by atoms with E-state index in [0.717, 1.165) is 53.8 Å². The fourth-order valence-electron chi connectivity index (χ4n) is 3.15. The molecule has 1 aromatic heterocycles. The number of benzene rings is 2. The van der Waals surface area contributed by atoms with Gasteiger partial charge in [-0.2, -0.15) is 0 Å². The molecule has 128 valence electrons. The molecule has 0 unspecified atom stereocenters. The summed E-state index contributed by atoms with van der Waals surface area (Å²) in [6.07, 6.45) is 5.96. The summed E-state index contributed by atoms with van der Waals surface area (Å²) in [5, 5.41) is 5.49. The lowest BCUT2D eigenvalue weighted by atomic mass is 10.1. The molecular weight excluding hydrogens is 312 g/mol. The Morgan fingerprint density at radius 1 is 1.04 bits per heavy atom. The predicted molar refractivity (Wildman–Crippen MR) is 99.0 cm³/mol. The summed E-state index contributed by atoms with van der Waals surface area (Å²) in [6.45, 7) is 2.56. The highest BCUT2D eigenvalue weighted by molar-refractivity contribution is 5.89. The highest BCUT2D eigenvalue weighted by atomic mass is 16.5. The van der Waals surface area contributed by atoms with Crippen LogP contribution in [0.2, 0.25) is 0 Å². The number of nitrogens with zero attached hydrogens (tertiary/aromatic N) is 1. The molecule has 0 saturated carbocycles. The Morgan fingerprint density at radius 2 is 1.88 bits per heavy atom. The smallest absolute Gasteiger partial charge is 0.132 e. The Labute approximate surface area is 147 Å². The van der Waals surface area contributed by atoms with E-state index in [1.807, 2.05) is 36.5 Å². The Bertz CT molecular complexity index is 830. The molecule has 1 saturated heterocycles. The first kappa shape index (κ1) is 15.9. The second-order valence-corrected chi connectivity index (χ2v) is 6.36. The van der Waals surface area contributed by atoms with Crippen molar-refractivity contribution in [2.45, 2.75) is 25.6 Å². The monoisotopic (exact) mass is 334 g/mol. The molecule has 0 amide bonds. The van der Waals surface area contributed by atoms with Crippen molar-refractivity contribution in [1.29, 1.82) is 0 Å². The SMILES string of the molecule is c1ccc(COc2cc(OC3CCNCC3)c3cnccc3c2)cc1.